The summed E-state index contributed by atoms with van der Waals surface area (Å²) in [6.07, 6.45) is 0. The van der Waals surface area contributed by atoms with Crippen LogP contribution in [0, 0.1) is 0 Å². The average Bonchev–Trinajstić information content (AvgIpc) is 2.91. The van der Waals surface area contributed by atoms with Gasteiger partial charge in [0.05, 0.1) is 4.90 Å². The van der Waals surface area contributed by atoms with E-state index in [1.807, 2.05) is 66.7 Å². The minimum atomic E-state index is -3.86. The van der Waals surface area contributed by atoms with E-state index in [4.69, 9.17) is 0 Å². The number of amides is 1. The highest BCUT2D eigenvalue weighted by Gasteiger charge is 2.18. The molecule has 2 N–H and O–H groups in total. The largest absolute Gasteiger partial charge is 0.348 e. The molecule has 0 bridgehead atoms. The molecule has 36 heavy (non-hydrogen) atoms. The topological polar surface area (TPSA) is 92.3 Å². The van der Waals surface area contributed by atoms with Crippen LogP contribution in [0.25, 0.3) is 11.1 Å². The molecule has 4 aromatic rings. The van der Waals surface area contributed by atoms with Crippen molar-refractivity contribution >= 4 is 21.7 Å². The van der Waals surface area contributed by atoms with Crippen LogP contribution in [0.4, 0.5) is 0 Å². The zero-order chi connectivity index (χ0) is 25.5. The number of hydrogen-bond donors (Lipinski definition) is 2. The predicted octanol–water partition coefficient (Wildman–Crippen LogP) is 4.96. The van der Waals surface area contributed by atoms with Crippen molar-refractivity contribution in [3.63, 3.8) is 0 Å². The van der Waals surface area contributed by atoms with Crippen molar-refractivity contribution in [3.05, 3.63) is 125 Å². The van der Waals surface area contributed by atoms with Gasteiger partial charge in [0.2, 0.25) is 10.0 Å². The van der Waals surface area contributed by atoms with Gasteiger partial charge < -0.3 is 5.32 Å². The van der Waals surface area contributed by atoms with Gasteiger partial charge in [-0.15, -0.1) is 0 Å². The fraction of sp³-hybridized carbons (Fsp3) is 0.103. The first-order valence-electron chi connectivity index (χ1n) is 11.5. The average molecular weight is 499 g/mol. The smallest absolute Gasteiger partial charge is 0.252 e. The number of rotatable bonds is 9. The molecule has 0 radical (unpaired) electrons. The number of nitrogens with one attached hydrogen (secondary N) is 2. The molecule has 0 heterocycles. The van der Waals surface area contributed by atoms with Crippen LogP contribution in [0.5, 0.6) is 0 Å². The number of carbonyl (C=O) groups is 2. The standard InChI is InChI=1S/C29H26N2O4S/c1-21(32)23-13-9-14-25(18-23)36(34,35)31-20-24-12-5-6-15-26(24)27-16-7-8-17-28(27)29(33)30-19-22-10-3-2-4-11-22/h2-18,31H,19-20H2,1H3,(H,30,33). The van der Waals surface area contributed by atoms with Gasteiger partial charge in [0.15, 0.2) is 5.78 Å². The molecule has 0 aliphatic carbocycles. The van der Waals surface area contributed by atoms with Crippen molar-refractivity contribution in [1.82, 2.24) is 10.0 Å². The lowest BCUT2D eigenvalue weighted by Crippen LogP contribution is -2.24. The highest BCUT2D eigenvalue weighted by atomic mass is 32.2. The maximum Gasteiger partial charge on any atom is 0.252 e. The lowest BCUT2D eigenvalue weighted by Gasteiger charge is -2.15. The lowest BCUT2D eigenvalue weighted by molar-refractivity contribution is 0.0950. The van der Waals surface area contributed by atoms with Gasteiger partial charge in [-0.05, 0) is 47.4 Å². The van der Waals surface area contributed by atoms with Crippen LogP contribution in [0.15, 0.2) is 108 Å². The molecule has 7 heteroatoms. The van der Waals surface area contributed by atoms with E-state index in [1.165, 1.54) is 19.1 Å². The van der Waals surface area contributed by atoms with Crippen LogP contribution in [0.1, 0.15) is 38.8 Å². The summed E-state index contributed by atoms with van der Waals surface area (Å²) in [6, 6.07) is 30.2. The lowest BCUT2D eigenvalue weighted by atomic mass is 9.95. The Morgan fingerprint density at radius 3 is 2.14 bits per heavy atom. The fourth-order valence-corrected chi connectivity index (χ4v) is 4.92. The van der Waals surface area contributed by atoms with Crippen LogP contribution in [-0.4, -0.2) is 20.1 Å². The monoisotopic (exact) mass is 498 g/mol. The maximum absolute atomic E-state index is 13.1. The third-order valence-corrected chi connectivity index (χ3v) is 7.18. The molecule has 0 saturated carbocycles. The van der Waals surface area contributed by atoms with Gasteiger partial charge >= 0.3 is 0 Å². The Morgan fingerprint density at radius 1 is 0.722 bits per heavy atom. The highest BCUT2D eigenvalue weighted by molar-refractivity contribution is 7.89. The summed E-state index contributed by atoms with van der Waals surface area (Å²) in [7, 11) is -3.86. The number of hydrogen-bond acceptors (Lipinski definition) is 4. The van der Waals surface area contributed by atoms with Gasteiger partial charge in [0, 0.05) is 24.2 Å². The van der Waals surface area contributed by atoms with Crippen LogP contribution < -0.4 is 10.0 Å². The van der Waals surface area contributed by atoms with E-state index in [1.54, 1.807) is 24.3 Å². The van der Waals surface area contributed by atoms with Crippen LogP contribution in [0.3, 0.4) is 0 Å². The van der Waals surface area contributed by atoms with E-state index in [0.717, 1.165) is 11.1 Å². The Balaban J connectivity index is 1.57. The van der Waals surface area contributed by atoms with E-state index in [-0.39, 0.29) is 23.1 Å². The molecule has 0 fully saturated rings. The van der Waals surface area contributed by atoms with Crippen molar-refractivity contribution in [3.8, 4) is 11.1 Å². The Labute approximate surface area is 211 Å². The summed E-state index contributed by atoms with van der Waals surface area (Å²) in [4.78, 5) is 24.8. The summed E-state index contributed by atoms with van der Waals surface area (Å²) in [5.74, 6) is -0.426. The molecular formula is C29H26N2O4S. The van der Waals surface area contributed by atoms with Crippen LogP contribution in [0.2, 0.25) is 0 Å². The first kappa shape index (κ1) is 25.0. The summed E-state index contributed by atoms with van der Waals surface area (Å²) in [6.45, 7) is 1.81. The molecular weight excluding hydrogens is 472 g/mol. The van der Waals surface area contributed by atoms with Gasteiger partial charge in [-0.3, -0.25) is 9.59 Å². The Hall–Kier alpha value is -4.07. The van der Waals surface area contributed by atoms with Crippen LogP contribution >= 0.6 is 0 Å². The summed E-state index contributed by atoms with van der Waals surface area (Å²) < 4.78 is 28.5. The molecule has 1 amide bonds. The molecule has 0 atom stereocenters. The van der Waals surface area contributed by atoms with Gasteiger partial charge in [-0.2, -0.15) is 0 Å². The minimum absolute atomic E-state index is 0.0166. The molecule has 0 aliphatic rings. The van der Waals surface area contributed by atoms with E-state index in [0.29, 0.717) is 28.8 Å². The Morgan fingerprint density at radius 2 is 1.39 bits per heavy atom. The second kappa shape index (κ2) is 11.1. The van der Waals surface area contributed by atoms with Crippen molar-refractivity contribution in [1.29, 1.82) is 0 Å². The van der Waals surface area contributed by atoms with Crippen LogP contribution in [-0.2, 0) is 23.1 Å². The molecule has 182 valence electrons. The predicted molar refractivity (Wildman–Crippen MR) is 140 cm³/mol. The number of sulfonamides is 1. The van der Waals surface area contributed by atoms with Crippen molar-refractivity contribution in [2.45, 2.75) is 24.9 Å². The van der Waals surface area contributed by atoms with Gasteiger partial charge in [-0.25, -0.2) is 13.1 Å². The van der Waals surface area contributed by atoms with Crippen molar-refractivity contribution < 1.29 is 18.0 Å². The molecule has 6 nitrogen and oxygen atoms in total. The zero-order valence-electron chi connectivity index (χ0n) is 19.8. The summed E-state index contributed by atoms with van der Waals surface area (Å²) in [5, 5.41) is 2.96. The second-order valence-corrected chi connectivity index (χ2v) is 10.0. The summed E-state index contributed by atoms with van der Waals surface area (Å²) >= 11 is 0. The molecule has 4 rings (SSSR count). The van der Waals surface area contributed by atoms with Gasteiger partial charge in [0.25, 0.3) is 5.91 Å². The second-order valence-electron chi connectivity index (χ2n) is 8.28. The van der Waals surface area contributed by atoms with Gasteiger partial charge in [0.1, 0.15) is 0 Å². The maximum atomic E-state index is 13.1. The first-order valence-corrected chi connectivity index (χ1v) is 12.9. The van der Waals surface area contributed by atoms with E-state index in [2.05, 4.69) is 10.0 Å². The molecule has 0 aliphatic heterocycles. The van der Waals surface area contributed by atoms with Gasteiger partial charge in [-0.1, -0.05) is 84.9 Å². The quantitative estimate of drug-likeness (QED) is 0.319. The Kier molecular flexibility index (Phi) is 7.73. The number of Topliss-reactive ketones (excluding diaryl/α,β-unsaturated/α-hetero) is 1. The van der Waals surface area contributed by atoms with Crippen molar-refractivity contribution in [2.24, 2.45) is 0 Å². The van der Waals surface area contributed by atoms with Crippen molar-refractivity contribution in [2.75, 3.05) is 0 Å². The highest BCUT2D eigenvalue weighted by Crippen LogP contribution is 2.28. The number of carbonyl (C=O) groups excluding carboxylic acids is 2. The molecule has 0 saturated heterocycles. The Bertz CT molecular complexity index is 1500. The number of benzene rings is 4. The minimum Gasteiger partial charge on any atom is -0.348 e. The van der Waals surface area contributed by atoms with E-state index < -0.39 is 10.0 Å². The molecule has 0 aromatic heterocycles. The zero-order valence-corrected chi connectivity index (χ0v) is 20.6. The third kappa shape index (κ3) is 5.94. The molecule has 0 unspecified atom stereocenters. The summed E-state index contributed by atoms with van der Waals surface area (Å²) in [5.41, 5.74) is 3.99. The normalized spacial score (nSPS) is 11.1. The van der Waals surface area contributed by atoms with E-state index in [9.17, 15) is 18.0 Å². The first-order chi connectivity index (χ1) is 17.3. The molecule has 0 spiro atoms. The fourth-order valence-electron chi connectivity index (χ4n) is 3.86. The molecule has 4 aromatic carbocycles. The SMILES string of the molecule is CC(=O)c1cccc(S(=O)(=O)NCc2ccccc2-c2ccccc2C(=O)NCc2ccccc2)c1. The van der Waals surface area contributed by atoms with E-state index >= 15 is 0 Å². The third-order valence-electron chi connectivity index (χ3n) is 5.78. The number of ketones is 1.